The Morgan fingerprint density at radius 1 is 1.53 bits per heavy atom. The number of nitrogens with one attached hydrogen (secondary N) is 1. The van der Waals surface area contributed by atoms with Gasteiger partial charge in [0.2, 0.25) is 0 Å². The van der Waals surface area contributed by atoms with Crippen LogP contribution in [0.4, 0.5) is 5.69 Å². The molecule has 1 rings (SSSR count). The molecule has 0 spiro atoms. The largest absolute Gasteiger partial charge is 0.466 e. The van der Waals surface area contributed by atoms with Gasteiger partial charge in [0.05, 0.1) is 24.3 Å². The summed E-state index contributed by atoms with van der Waals surface area (Å²) in [7, 11) is 0. The Labute approximate surface area is 101 Å². The summed E-state index contributed by atoms with van der Waals surface area (Å²) in [5, 5.41) is 12.0. The lowest BCUT2D eigenvalue weighted by molar-refractivity contribution is -0.143. The zero-order valence-electron chi connectivity index (χ0n) is 10.1. The van der Waals surface area contributed by atoms with E-state index in [1.165, 1.54) is 0 Å². The molecule has 0 aliphatic heterocycles. The van der Waals surface area contributed by atoms with Crippen LogP contribution in [0, 0.1) is 11.3 Å². The van der Waals surface area contributed by atoms with Gasteiger partial charge >= 0.3 is 5.97 Å². The fourth-order valence-electron chi connectivity index (χ4n) is 1.49. The van der Waals surface area contributed by atoms with E-state index in [2.05, 4.69) is 11.4 Å². The average Bonchev–Trinajstić information content (AvgIpc) is 2.29. The molecule has 4 nitrogen and oxygen atoms in total. The van der Waals surface area contributed by atoms with E-state index in [1.807, 2.05) is 19.1 Å². The van der Waals surface area contributed by atoms with Crippen LogP contribution in [0.3, 0.4) is 0 Å². The highest BCUT2D eigenvalue weighted by Gasteiger charge is 2.11. The van der Waals surface area contributed by atoms with Gasteiger partial charge in [0, 0.05) is 6.04 Å². The van der Waals surface area contributed by atoms with E-state index in [9.17, 15) is 4.79 Å². The van der Waals surface area contributed by atoms with Crippen molar-refractivity contribution in [1.82, 2.24) is 0 Å². The molecule has 0 aliphatic rings. The fraction of sp³-hybridized carbons (Fsp3) is 0.385. The van der Waals surface area contributed by atoms with Crippen LogP contribution in [-0.2, 0) is 9.53 Å². The van der Waals surface area contributed by atoms with Gasteiger partial charge in [0.15, 0.2) is 0 Å². The van der Waals surface area contributed by atoms with Crippen molar-refractivity contribution < 1.29 is 9.53 Å². The van der Waals surface area contributed by atoms with Crippen molar-refractivity contribution in [2.45, 2.75) is 26.3 Å². The Hall–Kier alpha value is -2.02. The maximum Gasteiger partial charge on any atom is 0.307 e. The molecular weight excluding hydrogens is 216 g/mol. The summed E-state index contributed by atoms with van der Waals surface area (Å²) >= 11 is 0. The second kappa shape index (κ2) is 6.54. The molecule has 1 unspecified atom stereocenters. The van der Waals surface area contributed by atoms with Gasteiger partial charge in [-0.15, -0.1) is 0 Å². The topological polar surface area (TPSA) is 62.1 Å². The molecule has 0 aliphatic carbocycles. The Balaban J connectivity index is 2.59. The number of rotatable bonds is 5. The zero-order valence-corrected chi connectivity index (χ0v) is 10.1. The van der Waals surface area contributed by atoms with Crippen molar-refractivity contribution in [2.75, 3.05) is 11.9 Å². The van der Waals surface area contributed by atoms with Gasteiger partial charge in [0.1, 0.15) is 6.07 Å². The molecule has 0 aromatic heterocycles. The van der Waals surface area contributed by atoms with E-state index in [-0.39, 0.29) is 18.4 Å². The minimum atomic E-state index is -0.234. The minimum Gasteiger partial charge on any atom is -0.466 e. The van der Waals surface area contributed by atoms with Gasteiger partial charge < -0.3 is 10.1 Å². The number of hydrogen-bond acceptors (Lipinski definition) is 4. The third-order valence-corrected chi connectivity index (χ3v) is 2.23. The van der Waals surface area contributed by atoms with E-state index >= 15 is 0 Å². The summed E-state index contributed by atoms with van der Waals surface area (Å²) in [5.74, 6) is -0.234. The molecule has 4 heteroatoms. The van der Waals surface area contributed by atoms with E-state index in [0.717, 1.165) is 5.69 Å². The molecule has 1 N–H and O–H groups in total. The molecule has 0 radical (unpaired) electrons. The number of nitrogens with zero attached hydrogens (tertiary/aromatic N) is 1. The molecular formula is C13H16N2O2. The van der Waals surface area contributed by atoms with Gasteiger partial charge in [-0.3, -0.25) is 4.79 Å². The number of hydrogen-bond donors (Lipinski definition) is 1. The molecule has 1 aromatic carbocycles. The van der Waals surface area contributed by atoms with Crippen molar-refractivity contribution in [3.8, 4) is 6.07 Å². The highest BCUT2D eigenvalue weighted by Crippen LogP contribution is 2.15. The number of benzene rings is 1. The first-order valence-corrected chi connectivity index (χ1v) is 5.58. The van der Waals surface area contributed by atoms with Crippen LogP contribution in [0.1, 0.15) is 25.8 Å². The average molecular weight is 232 g/mol. The smallest absolute Gasteiger partial charge is 0.307 e. The van der Waals surface area contributed by atoms with Crippen LogP contribution in [0.15, 0.2) is 24.3 Å². The van der Waals surface area contributed by atoms with E-state index in [1.54, 1.807) is 19.1 Å². The highest BCUT2D eigenvalue weighted by molar-refractivity contribution is 5.71. The van der Waals surface area contributed by atoms with Crippen LogP contribution in [0.5, 0.6) is 0 Å². The third kappa shape index (κ3) is 4.15. The molecule has 1 aromatic rings. The van der Waals surface area contributed by atoms with Crippen LogP contribution >= 0.6 is 0 Å². The number of para-hydroxylation sites is 1. The fourth-order valence-corrected chi connectivity index (χ4v) is 1.49. The maximum atomic E-state index is 11.3. The first kappa shape index (κ1) is 13.0. The van der Waals surface area contributed by atoms with Crippen LogP contribution in [-0.4, -0.2) is 18.6 Å². The van der Waals surface area contributed by atoms with Gasteiger partial charge in [0.25, 0.3) is 0 Å². The quantitative estimate of drug-likeness (QED) is 0.791. The normalized spacial score (nSPS) is 11.4. The second-order valence-electron chi connectivity index (χ2n) is 3.71. The van der Waals surface area contributed by atoms with Crippen LogP contribution in [0.25, 0.3) is 0 Å². The summed E-state index contributed by atoms with van der Waals surface area (Å²) in [6.45, 7) is 4.05. The Kier molecular flexibility index (Phi) is 5.02. The summed E-state index contributed by atoms with van der Waals surface area (Å²) in [5.41, 5.74) is 1.31. The Morgan fingerprint density at radius 2 is 2.24 bits per heavy atom. The summed E-state index contributed by atoms with van der Waals surface area (Å²) < 4.78 is 4.86. The van der Waals surface area contributed by atoms with Gasteiger partial charge in [-0.2, -0.15) is 5.26 Å². The number of carbonyl (C=O) groups excluding carboxylic acids is 1. The predicted molar refractivity (Wildman–Crippen MR) is 65.5 cm³/mol. The van der Waals surface area contributed by atoms with Gasteiger partial charge in [-0.1, -0.05) is 12.1 Å². The Bertz CT molecular complexity index is 424. The van der Waals surface area contributed by atoms with E-state index < -0.39 is 0 Å². The molecule has 90 valence electrons. The van der Waals surface area contributed by atoms with E-state index in [4.69, 9.17) is 10.00 Å². The molecule has 0 fully saturated rings. The lowest BCUT2D eigenvalue weighted by atomic mass is 10.1. The van der Waals surface area contributed by atoms with Crippen LogP contribution < -0.4 is 5.32 Å². The molecule has 0 bridgehead atoms. The van der Waals surface area contributed by atoms with E-state index in [0.29, 0.717) is 12.2 Å². The van der Waals surface area contributed by atoms with Gasteiger partial charge in [-0.25, -0.2) is 0 Å². The lowest BCUT2D eigenvalue weighted by Gasteiger charge is -2.15. The minimum absolute atomic E-state index is 0.0662. The molecule has 0 saturated heterocycles. The second-order valence-corrected chi connectivity index (χ2v) is 3.71. The zero-order chi connectivity index (χ0) is 12.7. The highest BCUT2D eigenvalue weighted by atomic mass is 16.5. The summed E-state index contributed by atoms with van der Waals surface area (Å²) in [4.78, 5) is 11.3. The Morgan fingerprint density at radius 3 is 2.88 bits per heavy atom. The monoisotopic (exact) mass is 232 g/mol. The number of esters is 1. The lowest BCUT2D eigenvalue weighted by Crippen LogP contribution is -2.21. The number of carbonyl (C=O) groups is 1. The third-order valence-electron chi connectivity index (χ3n) is 2.23. The predicted octanol–water partition coefficient (Wildman–Crippen LogP) is 2.31. The molecule has 0 saturated carbocycles. The van der Waals surface area contributed by atoms with Gasteiger partial charge in [-0.05, 0) is 26.0 Å². The standard InChI is InChI=1S/C13H16N2O2/c1-3-17-13(16)8-10(2)15-12-7-5-4-6-11(12)9-14/h4-7,10,15H,3,8H2,1-2H3. The first-order valence-electron chi connectivity index (χ1n) is 5.58. The maximum absolute atomic E-state index is 11.3. The van der Waals surface area contributed by atoms with Crippen molar-refractivity contribution in [1.29, 1.82) is 5.26 Å². The number of anilines is 1. The molecule has 1 atom stereocenters. The van der Waals surface area contributed by atoms with Crippen LogP contribution in [0.2, 0.25) is 0 Å². The molecule has 0 amide bonds. The summed E-state index contributed by atoms with van der Waals surface area (Å²) in [6.07, 6.45) is 0.285. The summed E-state index contributed by atoms with van der Waals surface area (Å²) in [6, 6.07) is 9.24. The van der Waals surface area contributed by atoms with Crippen molar-refractivity contribution >= 4 is 11.7 Å². The van der Waals surface area contributed by atoms with Crippen molar-refractivity contribution in [3.05, 3.63) is 29.8 Å². The van der Waals surface area contributed by atoms with Crippen molar-refractivity contribution in [2.24, 2.45) is 0 Å². The number of nitriles is 1. The SMILES string of the molecule is CCOC(=O)CC(C)Nc1ccccc1C#N. The first-order chi connectivity index (χ1) is 8.17. The molecule has 0 heterocycles. The molecule has 17 heavy (non-hydrogen) atoms. The van der Waals surface area contributed by atoms with Crippen molar-refractivity contribution in [3.63, 3.8) is 0 Å². The number of ether oxygens (including phenoxy) is 1.